The number of rotatable bonds is 5. The van der Waals surface area contributed by atoms with Crippen molar-refractivity contribution in [2.75, 3.05) is 23.7 Å². The first-order chi connectivity index (χ1) is 10.5. The van der Waals surface area contributed by atoms with Gasteiger partial charge in [0.15, 0.2) is 0 Å². The molecule has 5 nitrogen and oxygen atoms in total. The first-order valence-electron chi connectivity index (χ1n) is 7.96. The first-order valence-corrected chi connectivity index (χ1v) is 7.96. The molecule has 0 unspecified atom stereocenters. The molecule has 23 heavy (non-hydrogen) atoms. The van der Waals surface area contributed by atoms with E-state index in [1.54, 1.807) is 0 Å². The Hall–Kier alpha value is -1.59. The molecule has 0 atom stereocenters. The van der Waals surface area contributed by atoms with Crippen LogP contribution >= 0.6 is 12.4 Å². The number of anilines is 2. The van der Waals surface area contributed by atoms with Gasteiger partial charge in [-0.15, -0.1) is 12.4 Å². The number of amides is 2. The fourth-order valence-corrected chi connectivity index (χ4v) is 2.55. The summed E-state index contributed by atoms with van der Waals surface area (Å²) in [5, 5.41) is 9.05. The van der Waals surface area contributed by atoms with Crippen molar-refractivity contribution in [3.63, 3.8) is 0 Å². The third-order valence-corrected chi connectivity index (χ3v) is 3.74. The number of carbonyl (C=O) groups excluding carboxylic acids is 2. The molecule has 0 aromatic heterocycles. The maximum Gasteiger partial charge on any atom is 0.227 e. The monoisotopic (exact) mass is 339 g/mol. The second kappa shape index (κ2) is 9.53. The fraction of sp³-hybridized carbons (Fsp3) is 0.529. The van der Waals surface area contributed by atoms with Gasteiger partial charge in [0.25, 0.3) is 0 Å². The zero-order valence-electron chi connectivity index (χ0n) is 13.7. The molecule has 3 N–H and O–H groups in total. The van der Waals surface area contributed by atoms with Gasteiger partial charge in [0.05, 0.1) is 0 Å². The molecule has 1 aliphatic heterocycles. The molecule has 2 amide bonds. The quantitative estimate of drug-likeness (QED) is 0.772. The topological polar surface area (TPSA) is 70.2 Å². The van der Waals surface area contributed by atoms with Crippen molar-refractivity contribution in [1.29, 1.82) is 0 Å². The number of hydrogen-bond acceptors (Lipinski definition) is 3. The summed E-state index contributed by atoms with van der Waals surface area (Å²) in [4.78, 5) is 23.8. The lowest BCUT2D eigenvalue weighted by molar-refractivity contribution is -0.120. The van der Waals surface area contributed by atoms with Crippen LogP contribution in [-0.4, -0.2) is 24.9 Å². The van der Waals surface area contributed by atoms with Crippen LogP contribution in [0.1, 0.15) is 33.1 Å². The van der Waals surface area contributed by atoms with Gasteiger partial charge in [-0.2, -0.15) is 0 Å². The Bertz CT molecular complexity index is 511. The van der Waals surface area contributed by atoms with Gasteiger partial charge >= 0.3 is 0 Å². The number of piperidine rings is 1. The van der Waals surface area contributed by atoms with E-state index in [9.17, 15) is 9.59 Å². The summed E-state index contributed by atoms with van der Waals surface area (Å²) in [6.07, 6.45) is 2.28. The van der Waals surface area contributed by atoms with E-state index in [0.717, 1.165) is 37.3 Å². The van der Waals surface area contributed by atoms with E-state index in [1.807, 2.05) is 38.1 Å². The van der Waals surface area contributed by atoms with Crippen molar-refractivity contribution < 1.29 is 9.59 Å². The van der Waals surface area contributed by atoms with Gasteiger partial charge < -0.3 is 16.0 Å². The Kier molecular flexibility index (Phi) is 8.06. The van der Waals surface area contributed by atoms with Gasteiger partial charge in [-0.25, -0.2) is 0 Å². The molecule has 0 aliphatic carbocycles. The van der Waals surface area contributed by atoms with E-state index in [2.05, 4.69) is 16.0 Å². The zero-order chi connectivity index (χ0) is 15.9. The summed E-state index contributed by atoms with van der Waals surface area (Å²) < 4.78 is 0. The minimum atomic E-state index is 0. The largest absolute Gasteiger partial charge is 0.326 e. The molecule has 1 aliphatic rings. The summed E-state index contributed by atoms with van der Waals surface area (Å²) in [7, 11) is 0. The van der Waals surface area contributed by atoms with Crippen LogP contribution in [0.15, 0.2) is 24.3 Å². The lowest BCUT2D eigenvalue weighted by Crippen LogP contribution is -2.34. The lowest BCUT2D eigenvalue weighted by atomic mass is 9.97. The van der Waals surface area contributed by atoms with Crippen LogP contribution < -0.4 is 16.0 Å². The third kappa shape index (κ3) is 6.59. The van der Waals surface area contributed by atoms with Crippen LogP contribution in [-0.2, 0) is 9.59 Å². The average molecular weight is 340 g/mol. The SMILES string of the molecule is CC(C)CC(=O)Nc1ccc(NC(=O)C2CCNCC2)cc1.Cl. The van der Waals surface area contributed by atoms with Crippen LogP contribution in [0.5, 0.6) is 0 Å². The number of hydrogen-bond donors (Lipinski definition) is 3. The van der Waals surface area contributed by atoms with Crippen molar-refractivity contribution in [2.45, 2.75) is 33.1 Å². The summed E-state index contributed by atoms with van der Waals surface area (Å²) in [6, 6.07) is 7.28. The van der Waals surface area contributed by atoms with Gasteiger partial charge in [0.1, 0.15) is 0 Å². The highest BCUT2D eigenvalue weighted by atomic mass is 35.5. The molecule has 128 valence electrons. The van der Waals surface area contributed by atoms with Crippen LogP contribution in [0.2, 0.25) is 0 Å². The Morgan fingerprint density at radius 3 is 2.13 bits per heavy atom. The van der Waals surface area contributed by atoms with Gasteiger partial charge in [0.2, 0.25) is 11.8 Å². The predicted molar refractivity (Wildman–Crippen MR) is 96.0 cm³/mol. The standard InChI is InChI=1S/C17H25N3O2.ClH/c1-12(2)11-16(21)19-14-3-5-15(6-4-14)20-17(22)13-7-9-18-10-8-13;/h3-6,12-13,18H,7-11H2,1-2H3,(H,19,21)(H,20,22);1H. The van der Waals surface area contributed by atoms with Crippen molar-refractivity contribution in [3.8, 4) is 0 Å². The van der Waals surface area contributed by atoms with Gasteiger partial charge in [-0.1, -0.05) is 13.8 Å². The second-order valence-electron chi connectivity index (χ2n) is 6.24. The first kappa shape index (κ1) is 19.5. The Morgan fingerprint density at radius 1 is 1.09 bits per heavy atom. The minimum Gasteiger partial charge on any atom is -0.326 e. The maximum atomic E-state index is 12.1. The molecule has 0 radical (unpaired) electrons. The molecule has 1 saturated heterocycles. The summed E-state index contributed by atoms with van der Waals surface area (Å²) in [5.74, 6) is 0.523. The lowest BCUT2D eigenvalue weighted by Gasteiger charge is -2.21. The summed E-state index contributed by atoms with van der Waals surface area (Å²) in [5.41, 5.74) is 1.52. The Morgan fingerprint density at radius 2 is 1.61 bits per heavy atom. The van der Waals surface area contributed by atoms with E-state index in [4.69, 9.17) is 0 Å². The molecular formula is C17H26ClN3O2. The minimum absolute atomic E-state index is 0. The molecule has 1 aromatic rings. The number of benzene rings is 1. The van der Waals surface area contributed by atoms with Crippen LogP contribution in [0.25, 0.3) is 0 Å². The molecule has 1 fully saturated rings. The predicted octanol–water partition coefficient (Wildman–Crippen LogP) is 3.03. The van der Waals surface area contributed by atoms with Gasteiger partial charge in [0, 0.05) is 23.7 Å². The Labute approximate surface area is 144 Å². The van der Waals surface area contributed by atoms with E-state index in [-0.39, 0.29) is 30.1 Å². The van der Waals surface area contributed by atoms with Gasteiger partial charge in [-0.3, -0.25) is 9.59 Å². The van der Waals surface area contributed by atoms with Crippen LogP contribution in [0.3, 0.4) is 0 Å². The molecule has 0 bridgehead atoms. The number of carbonyl (C=O) groups is 2. The molecule has 0 spiro atoms. The fourth-order valence-electron chi connectivity index (χ4n) is 2.55. The van der Waals surface area contributed by atoms with Crippen LogP contribution in [0.4, 0.5) is 11.4 Å². The number of nitrogens with one attached hydrogen (secondary N) is 3. The Balaban J connectivity index is 0.00000264. The average Bonchev–Trinajstić information content (AvgIpc) is 2.49. The summed E-state index contributed by atoms with van der Waals surface area (Å²) >= 11 is 0. The molecule has 6 heteroatoms. The van der Waals surface area contributed by atoms with Crippen molar-refractivity contribution >= 4 is 35.6 Å². The van der Waals surface area contributed by atoms with E-state index >= 15 is 0 Å². The van der Waals surface area contributed by atoms with Crippen molar-refractivity contribution in [1.82, 2.24) is 5.32 Å². The van der Waals surface area contributed by atoms with Crippen LogP contribution in [0, 0.1) is 11.8 Å². The maximum absolute atomic E-state index is 12.1. The van der Waals surface area contributed by atoms with E-state index in [0.29, 0.717) is 12.3 Å². The molecule has 0 saturated carbocycles. The van der Waals surface area contributed by atoms with Gasteiger partial charge in [-0.05, 0) is 56.1 Å². The van der Waals surface area contributed by atoms with E-state index < -0.39 is 0 Å². The van der Waals surface area contributed by atoms with E-state index in [1.165, 1.54) is 0 Å². The van der Waals surface area contributed by atoms with Crippen molar-refractivity contribution in [3.05, 3.63) is 24.3 Å². The second-order valence-corrected chi connectivity index (χ2v) is 6.24. The highest BCUT2D eigenvalue weighted by Gasteiger charge is 2.20. The van der Waals surface area contributed by atoms with Crippen molar-refractivity contribution in [2.24, 2.45) is 11.8 Å². The molecular weight excluding hydrogens is 314 g/mol. The molecule has 1 aromatic carbocycles. The zero-order valence-corrected chi connectivity index (χ0v) is 14.5. The molecule has 1 heterocycles. The normalized spacial score (nSPS) is 14.9. The smallest absolute Gasteiger partial charge is 0.227 e. The molecule has 2 rings (SSSR count). The summed E-state index contributed by atoms with van der Waals surface area (Å²) in [6.45, 7) is 5.83. The third-order valence-electron chi connectivity index (χ3n) is 3.74. The number of halogens is 1. The highest BCUT2D eigenvalue weighted by Crippen LogP contribution is 2.18. The highest BCUT2D eigenvalue weighted by molar-refractivity contribution is 5.94.